The summed E-state index contributed by atoms with van der Waals surface area (Å²) < 4.78 is 37.6. The lowest BCUT2D eigenvalue weighted by atomic mass is 10.2. The molecule has 26 heavy (non-hydrogen) atoms. The topological polar surface area (TPSA) is 67.9 Å². The van der Waals surface area contributed by atoms with Gasteiger partial charge in [-0.05, 0) is 24.3 Å². The van der Waals surface area contributed by atoms with E-state index in [1.807, 2.05) is 0 Å². The molecule has 0 aliphatic carbocycles. The number of halogens is 2. The van der Waals surface area contributed by atoms with Crippen LogP contribution < -0.4 is 19.7 Å². The van der Waals surface area contributed by atoms with Gasteiger partial charge in [-0.15, -0.1) is 0 Å². The number of nitrogens with zero attached hydrogens (tertiary/aromatic N) is 1. The molecule has 0 heterocycles. The average Bonchev–Trinajstić information content (AvgIpc) is 2.62. The molecule has 0 spiro atoms. The Balaban J connectivity index is 2.26. The molecule has 2 aromatic carbocycles. The van der Waals surface area contributed by atoms with Crippen LogP contribution in [-0.4, -0.2) is 32.6 Å². The molecule has 2 amide bonds. The zero-order valence-corrected chi connectivity index (χ0v) is 14.5. The number of amides is 2. The van der Waals surface area contributed by atoms with Gasteiger partial charge in [0.05, 0.1) is 19.9 Å². The summed E-state index contributed by atoms with van der Waals surface area (Å²) in [7, 11) is 2.89. The van der Waals surface area contributed by atoms with Crippen LogP contribution in [0.15, 0.2) is 36.4 Å². The standard InChI is InChI=1S/C18H18F2N2O4/c1-11(23)22(15-8-7-12(25-2)9-16(15)26-3)10-17(24)21-18-13(19)5-4-6-14(18)20/h4-9H,10H2,1-3H3,(H,21,24). The molecule has 0 saturated carbocycles. The van der Waals surface area contributed by atoms with Crippen LogP contribution in [0.2, 0.25) is 0 Å². The lowest BCUT2D eigenvalue weighted by Gasteiger charge is -2.23. The van der Waals surface area contributed by atoms with Crippen molar-refractivity contribution in [2.24, 2.45) is 0 Å². The molecule has 0 aromatic heterocycles. The number of nitrogens with one attached hydrogen (secondary N) is 1. The molecule has 1 N–H and O–H groups in total. The Hall–Kier alpha value is -3.16. The fraction of sp³-hybridized carbons (Fsp3) is 0.222. The van der Waals surface area contributed by atoms with Crippen LogP contribution in [-0.2, 0) is 9.59 Å². The van der Waals surface area contributed by atoms with Gasteiger partial charge in [-0.3, -0.25) is 14.5 Å². The van der Waals surface area contributed by atoms with E-state index in [0.717, 1.165) is 17.0 Å². The highest BCUT2D eigenvalue weighted by Crippen LogP contribution is 2.32. The summed E-state index contributed by atoms with van der Waals surface area (Å²) in [6.45, 7) is 0.812. The third-order valence-corrected chi connectivity index (χ3v) is 3.59. The van der Waals surface area contributed by atoms with E-state index in [-0.39, 0.29) is 0 Å². The summed E-state index contributed by atoms with van der Waals surface area (Å²) >= 11 is 0. The fourth-order valence-electron chi connectivity index (χ4n) is 2.31. The number of hydrogen-bond acceptors (Lipinski definition) is 4. The SMILES string of the molecule is COc1ccc(N(CC(=O)Nc2c(F)cccc2F)C(C)=O)c(OC)c1. The van der Waals surface area contributed by atoms with Gasteiger partial charge in [0.25, 0.3) is 0 Å². The van der Waals surface area contributed by atoms with Crippen molar-refractivity contribution in [3.63, 3.8) is 0 Å². The Morgan fingerprint density at radius 3 is 2.27 bits per heavy atom. The van der Waals surface area contributed by atoms with Crippen molar-refractivity contribution in [3.05, 3.63) is 48.0 Å². The molecule has 2 rings (SSSR count). The minimum Gasteiger partial charge on any atom is -0.497 e. The molecular weight excluding hydrogens is 346 g/mol. The monoisotopic (exact) mass is 364 g/mol. The van der Waals surface area contributed by atoms with Crippen LogP contribution >= 0.6 is 0 Å². The molecule has 138 valence electrons. The van der Waals surface area contributed by atoms with E-state index in [2.05, 4.69) is 5.32 Å². The summed E-state index contributed by atoms with van der Waals surface area (Å²) in [6.07, 6.45) is 0. The predicted molar refractivity (Wildman–Crippen MR) is 92.6 cm³/mol. The predicted octanol–water partition coefficient (Wildman–Crippen LogP) is 2.97. The Morgan fingerprint density at radius 1 is 1.08 bits per heavy atom. The highest BCUT2D eigenvalue weighted by Gasteiger charge is 2.21. The number of carbonyl (C=O) groups excluding carboxylic acids is 2. The van der Waals surface area contributed by atoms with Gasteiger partial charge in [-0.25, -0.2) is 8.78 Å². The van der Waals surface area contributed by atoms with Gasteiger partial charge < -0.3 is 14.8 Å². The van der Waals surface area contributed by atoms with E-state index in [1.54, 1.807) is 18.2 Å². The van der Waals surface area contributed by atoms with Crippen molar-refractivity contribution in [1.29, 1.82) is 0 Å². The third-order valence-electron chi connectivity index (χ3n) is 3.59. The second-order valence-corrected chi connectivity index (χ2v) is 5.29. The Morgan fingerprint density at radius 2 is 1.73 bits per heavy atom. The number of para-hydroxylation sites is 1. The van der Waals surface area contributed by atoms with Crippen molar-refractivity contribution >= 4 is 23.2 Å². The number of anilines is 2. The van der Waals surface area contributed by atoms with Crippen molar-refractivity contribution in [2.75, 3.05) is 31.0 Å². The average molecular weight is 364 g/mol. The van der Waals surface area contributed by atoms with E-state index < -0.39 is 35.7 Å². The molecule has 8 heteroatoms. The number of hydrogen-bond donors (Lipinski definition) is 1. The number of carbonyl (C=O) groups is 2. The van der Waals surface area contributed by atoms with E-state index in [4.69, 9.17) is 9.47 Å². The van der Waals surface area contributed by atoms with Gasteiger partial charge in [0.15, 0.2) is 0 Å². The number of methoxy groups -OCH3 is 2. The summed E-state index contributed by atoms with van der Waals surface area (Å²) in [5.74, 6) is -2.21. The molecule has 0 atom stereocenters. The van der Waals surface area contributed by atoms with Crippen molar-refractivity contribution < 1.29 is 27.8 Å². The highest BCUT2D eigenvalue weighted by atomic mass is 19.1. The largest absolute Gasteiger partial charge is 0.497 e. The number of benzene rings is 2. The Labute approximate surface area is 149 Å². The molecule has 0 unspecified atom stereocenters. The summed E-state index contributed by atoms with van der Waals surface area (Å²) in [5, 5.41) is 2.15. The Kier molecular flexibility index (Phi) is 6.11. The highest BCUT2D eigenvalue weighted by molar-refractivity contribution is 6.02. The number of ether oxygens (including phenoxy) is 2. The maximum atomic E-state index is 13.7. The third kappa shape index (κ3) is 4.27. The number of rotatable bonds is 6. The molecule has 6 nitrogen and oxygen atoms in total. The summed E-state index contributed by atoms with van der Waals surface area (Å²) in [6, 6.07) is 7.93. The van der Waals surface area contributed by atoms with E-state index in [0.29, 0.717) is 17.2 Å². The summed E-state index contributed by atoms with van der Waals surface area (Å²) in [4.78, 5) is 25.4. The smallest absolute Gasteiger partial charge is 0.244 e. The first-order chi connectivity index (χ1) is 12.4. The van der Waals surface area contributed by atoms with Crippen LogP contribution in [0.25, 0.3) is 0 Å². The maximum Gasteiger partial charge on any atom is 0.244 e. The first-order valence-electron chi connectivity index (χ1n) is 7.61. The molecule has 0 saturated heterocycles. The molecule has 0 radical (unpaired) electrons. The molecule has 0 bridgehead atoms. The first kappa shape index (κ1) is 19.2. The quantitative estimate of drug-likeness (QED) is 0.856. The van der Waals surface area contributed by atoms with Crippen LogP contribution in [0.1, 0.15) is 6.92 Å². The van der Waals surface area contributed by atoms with Crippen LogP contribution in [0.3, 0.4) is 0 Å². The zero-order chi connectivity index (χ0) is 19.3. The lowest BCUT2D eigenvalue weighted by molar-refractivity contribution is -0.120. The molecule has 0 aliphatic rings. The van der Waals surface area contributed by atoms with Crippen molar-refractivity contribution in [1.82, 2.24) is 0 Å². The van der Waals surface area contributed by atoms with Gasteiger partial charge in [0.2, 0.25) is 11.8 Å². The molecular formula is C18H18F2N2O4. The summed E-state index contributed by atoms with van der Waals surface area (Å²) in [5.41, 5.74) is -0.243. The van der Waals surface area contributed by atoms with Gasteiger partial charge in [-0.1, -0.05) is 6.07 Å². The fourth-order valence-corrected chi connectivity index (χ4v) is 2.31. The second kappa shape index (κ2) is 8.28. The van der Waals surface area contributed by atoms with E-state index in [1.165, 1.54) is 27.2 Å². The van der Waals surface area contributed by atoms with Crippen LogP contribution in [0.4, 0.5) is 20.2 Å². The first-order valence-corrected chi connectivity index (χ1v) is 7.61. The Bertz CT molecular complexity index is 807. The molecule has 0 aliphatic heterocycles. The minimum atomic E-state index is -0.908. The lowest BCUT2D eigenvalue weighted by Crippen LogP contribution is -2.37. The van der Waals surface area contributed by atoms with Crippen LogP contribution in [0, 0.1) is 11.6 Å². The van der Waals surface area contributed by atoms with Crippen LogP contribution in [0.5, 0.6) is 11.5 Å². The minimum absolute atomic E-state index is 0.310. The molecule has 2 aromatic rings. The zero-order valence-electron chi connectivity index (χ0n) is 14.5. The van der Waals surface area contributed by atoms with Crippen molar-refractivity contribution in [3.8, 4) is 11.5 Å². The normalized spacial score (nSPS) is 10.2. The van der Waals surface area contributed by atoms with Crippen molar-refractivity contribution in [2.45, 2.75) is 6.92 Å². The van der Waals surface area contributed by atoms with E-state index >= 15 is 0 Å². The maximum absolute atomic E-state index is 13.7. The van der Waals surface area contributed by atoms with Gasteiger partial charge in [0.1, 0.15) is 35.4 Å². The molecule has 0 fully saturated rings. The second-order valence-electron chi connectivity index (χ2n) is 5.29. The van der Waals surface area contributed by atoms with E-state index in [9.17, 15) is 18.4 Å². The van der Waals surface area contributed by atoms with Gasteiger partial charge in [-0.2, -0.15) is 0 Å². The van der Waals surface area contributed by atoms with Gasteiger partial charge >= 0.3 is 0 Å². The van der Waals surface area contributed by atoms with Gasteiger partial charge in [0, 0.05) is 13.0 Å².